The van der Waals surface area contributed by atoms with Gasteiger partial charge >= 0.3 is 0 Å². The first-order valence-corrected chi connectivity index (χ1v) is 10.5. The zero-order valence-corrected chi connectivity index (χ0v) is 16.8. The lowest BCUT2D eigenvalue weighted by Gasteiger charge is -2.28. The molecule has 0 amide bonds. The molecular weight excluding hydrogens is 372 g/mol. The number of nitrogens with zero attached hydrogens (tertiary/aromatic N) is 4. The molecule has 1 fully saturated rings. The number of thioether (sulfide) groups is 1. The van der Waals surface area contributed by atoms with E-state index in [1.165, 1.54) is 5.56 Å². The molecule has 1 aliphatic rings. The first-order valence-electron chi connectivity index (χ1n) is 9.47. The van der Waals surface area contributed by atoms with Gasteiger partial charge in [0.1, 0.15) is 5.75 Å². The Balaban J connectivity index is 1.52. The minimum Gasteiger partial charge on any atom is -0.493 e. The van der Waals surface area contributed by atoms with Gasteiger partial charge in [0.15, 0.2) is 5.16 Å². The van der Waals surface area contributed by atoms with Crippen LogP contribution in [0.5, 0.6) is 5.75 Å². The highest BCUT2D eigenvalue weighted by atomic mass is 32.2. The first-order chi connectivity index (χ1) is 13.8. The molecule has 0 bridgehead atoms. The van der Waals surface area contributed by atoms with Crippen molar-refractivity contribution in [2.45, 2.75) is 12.1 Å². The lowest BCUT2D eigenvalue weighted by molar-refractivity contribution is 0.122. The number of benzene rings is 2. The van der Waals surface area contributed by atoms with Gasteiger partial charge in [0.05, 0.1) is 25.5 Å². The summed E-state index contributed by atoms with van der Waals surface area (Å²) < 4.78 is 13.4. The molecule has 1 aliphatic heterocycles. The number of hydrogen-bond donors (Lipinski definition) is 0. The van der Waals surface area contributed by atoms with E-state index in [-0.39, 0.29) is 0 Å². The second-order valence-corrected chi connectivity index (χ2v) is 7.63. The Labute approximate surface area is 169 Å². The van der Waals surface area contributed by atoms with Gasteiger partial charge in [0.2, 0.25) is 5.95 Å². The number of aromatic nitrogens is 3. The second-order valence-electron chi connectivity index (χ2n) is 6.57. The molecule has 0 saturated carbocycles. The summed E-state index contributed by atoms with van der Waals surface area (Å²) in [5.74, 6) is 2.56. The summed E-state index contributed by atoms with van der Waals surface area (Å²) in [4.78, 5) is 2.24. The van der Waals surface area contributed by atoms with Gasteiger partial charge in [0, 0.05) is 18.8 Å². The average molecular weight is 397 g/mol. The van der Waals surface area contributed by atoms with Gasteiger partial charge in [-0.3, -0.25) is 4.57 Å². The van der Waals surface area contributed by atoms with Crippen LogP contribution < -0.4 is 9.64 Å². The molecule has 3 aromatic rings. The van der Waals surface area contributed by atoms with Gasteiger partial charge in [-0.05, 0) is 36.8 Å². The third-order valence-corrected chi connectivity index (χ3v) is 5.39. The molecule has 0 N–H and O–H groups in total. The zero-order chi connectivity index (χ0) is 19.2. The summed E-state index contributed by atoms with van der Waals surface area (Å²) in [6.07, 6.45) is 0. The van der Waals surface area contributed by atoms with Crippen molar-refractivity contribution in [3.63, 3.8) is 0 Å². The summed E-state index contributed by atoms with van der Waals surface area (Å²) >= 11 is 1.66. The maximum absolute atomic E-state index is 5.81. The molecule has 1 aromatic heterocycles. The molecule has 28 heavy (non-hydrogen) atoms. The van der Waals surface area contributed by atoms with Crippen LogP contribution in [0.15, 0.2) is 59.8 Å². The van der Waals surface area contributed by atoms with E-state index in [1.807, 2.05) is 30.3 Å². The van der Waals surface area contributed by atoms with Gasteiger partial charge in [-0.2, -0.15) is 0 Å². The van der Waals surface area contributed by atoms with Gasteiger partial charge in [-0.25, -0.2) is 0 Å². The quantitative estimate of drug-likeness (QED) is 0.449. The molecule has 0 radical (unpaired) electrons. The highest BCUT2D eigenvalue weighted by Crippen LogP contribution is 2.27. The van der Waals surface area contributed by atoms with Crippen molar-refractivity contribution in [2.24, 2.45) is 0 Å². The molecule has 6 nitrogen and oxygen atoms in total. The number of morpholine rings is 1. The maximum atomic E-state index is 5.81. The fourth-order valence-corrected chi connectivity index (χ4v) is 3.89. The Hall–Kier alpha value is -2.51. The maximum Gasteiger partial charge on any atom is 0.232 e. The normalized spacial score (nSPS) is 14.2. The van der Waals surface area contributed by atoms with Crippen LogP contribution in [-0.4, -0.2) is 53.4 Å². The van der Waals surface area contributed by atoms with Crippen molar-refractivity contribution in [2.75, 3.05) is 43.6 Å². The van der Waals surface area contributed by atoms with E-state index in [2.05, 4.69) is 50.9 Å². The predicted octanol–water partition coefficient (Wildman–Crippen LogP) is 3.58. The molecule has 146 valence electrons. The zero-order valence-electron chi connectivity index (χ0n) is 16.0. The van der Waals surface area contributed by atoms with E-state index in [9.17, 15) is 0 Å². The Morgan fingerprint density at radius 3 is 2.64 bits per heavy atom. The number of hydrogen-bond acceptors (Lipinski definition) is 6. The topological polar surface area (TPSA) is 52.4 Å². The standard InChI is InChI=1S/C21H24N4O2S/c1-17-6-5-7-18(16-17)25-20(24-10-12-26-13-11-24)22-23-21(25)28-15-14-27-19-8-3-2-4-9-19/h2-9,16H,10-15H2,1H3. The largest absolute Gasteiger partial charge is 0.493 e. The molecule has 1 saturated heterocycles. The molecule has 0 aliphatic carbocycles. The van der Waals surface area contributed by atoms with E-state index in [0.29, 0.717) is 19.8 Å². The lowest BCUT2D eigenvalue weighted by atomic mass is 10.2. The van der Waals surface area contributed by atoms with Crippen molar-refractivity contribution < 1.29 is 9.47 Å². The van der Waals surface area contributed by atoms with Crippen LogP contribution in [0.4, 0.5) is 5.95 Å². The predicted molar refractivity (Wildman–Crippen MR) is 112 cm³/mol. The van der Waals surface area contributed by atoms with Crippen molar-refractivity contribution >= 4 is 17.7 Å². The van der Waals surface area contributed by atoms with Gasteiger partial charge in [-0.15, -0.1) is 10.2 Å². The van der Waals surface area contributed by atoms with Crippen LogP contribution in [0.3, 0.4) is 0 Å². The smallest absolute Gasteiger partial charge is 0.232 e. The Morgan fingerprint density at radius 1 is 1.04 bits per heavy atom. The van der Waals surface area contributed by atoms with Crippen LogP contribution in [-0.2, 0) is 4.74 Å². The van der Waals surface area contributed by atoms with Crippen molar-refractivity contribution in [3.05, 3.63) is 60.2 Å². The number of para-hydroxylation sites is 1. The van der Waals surface area contributed by atoms with Gasteiger partial charge in [-0.1, -0.05) is 42.1 Å². The van der Waals surface area contributed by atoms with E-state index in [4.69, 9.17) is 9.47 Å². The van der Waals surface area contributed by atoms with Crippen LogP contribution >= 0.6 is 11.8 Å². The number of anilines is 1. The van der Waals surface area contributed by atoms with E-state index < -0.39 is 0 Å². The molecule has 2 aromatic carbocycles. The molecule has 4 rings (SSSR count). The van der Waals surface area contributed by atoms with Crippen LogP contribution in [0.2, 0.25) is 0 Å². The summed E-state index contributed by atoms with van der Waals surface area (Å²) in [5, 5.41) is 9.86. The van der Waals surface area contributed by atoms with Gasteiger partial charge < -0.3 is 14.4 Å². The summed E-state index contributed by atoms with van der Waals surface area (Å²) in [6, 6.07) is 18.3. The van der Waals surface area contributed by atoms with Crippen LogP contribution in [0, 0.1) is 6.92 Å². The van der Waals surface area contributed by atoms with Crippen molar-refractivity contribution in [1.29, 1.82) is 0 Å². The summed E-state index contributed by atoms with van der Waals surface area (Å²) in [6.45, 7) is 5.80. The average Bonchev–Trinajstić information content (AvgIpc) is 3.16. The van der Waals surface area contributed by atoms with Crippen LogP contribution in [0.1, 0.15) is 5.56 Å². The summed E-state index contributed by atoms with van der Waals surface area (Å²) in [5.41, 5.74) is 2.29. The van der Waals surface area contributed by atoms with E-state index in [1.54, 1.807) is 11.8 Å². The highest BCUT2D eigenvalue weighted by molar-refractivity contribution is 7.99. The molecule has 0 unspecified atom stereocenters. The Morgan fingerprint density at radius 2 is 1.86 bits per heavy atom. The van der Waals surface area contributed by atoms with E-state index in [0.717, 1.165) is 41.4 Å². The Bertz CT molecular complexity index is 894. The molecule has 0 spiro atoms. The lowest BCUT2D eigenvalue weighted by Crippen LogP contribution is -2.37. The van der Waals surface area contributed by atoms with Crippen LogP contribution in [0.25, 0.3) is 5.69 Å². The monoisotopic (exact) mass is 396 g/mol. The highest BCUT2D eigenvalue weighted by Gasteiger charge is 2.21. The molecule has 7 heteroatoms. The minimum absolute atomic E-state index is 0.613. The number of rotatable bonds is 7. The first kappa shape index (κ1) is 18.8. The third kappa shape index (κ3) is 4.48. The molecule has 0 atom stereocenters. The number of aryl methyl sites for hydroxylation is 1. The Kier molecular flexibility index (Phi) is 6.14. The minimum atomic E-state index is 0.613. The second kappa shape index (κ2) is 9.12. The molecular formula is C21H24N4O2S. The molecule has 2 heterocycles. The number of ether oxygens (including phenoxy) is 2. The fourth-order valence-electron chi connectivity index (χ4n) is 3.13. The van der Waals surface area contributed by atoms with Crippen molar-refractivity contribution in [1.82, 2.24) is 14.8 Å². The third-order valence-electron chi connectivity index (χ3n) is 4.50. The summed E-state index contributed by atoms with van der Waals surface area (Å²) in [7, 11) is 0. The SMILES string of the molecule is Cc1cccc(-n2c(SCCOc3ccccc3)nnc2N2CCOCC2)c1. The van der Waals surface area contributed by atoms with E-state index >= 15 is 0 Å². The fraction of sp³-hybridized carbons (Fsp3) is 0.333. The van der Waals surface area contributed by atoms with Crippen molar-refractivity contribution in [3.8, 4) is 11.4 Å². The van der Waals surface area contributed by atoms with Gasteiger partial charge in [0.25, 0.3) is 0 Å².